The molecule has 0 saturated carbocycles. The minimum atomic E-state index is -2.05. The van der Waals surface area contributed by atoms with Crippen molar-refractivity contribution in [1.29, 1.82) is 0 Å². The van der Waals surface area contributed by atoms with Crippen molar-refractivity contribution in [2.24, 2.45) is 0 Å². The summed E-state index contributed by atoms with van der Waals surface area (Å²) in [5.41, 5.74) is -0.763. The lowest BCUT2D eigenvalue weighted by molar-refractivity contribution is -0.155. The number of rotatable bonds is 5. The maximum Gasteiger partial charge on any atom is 0.337 e. The number of aryl methyl sites for hydroxylation is 1. The smallest absolute Gasteiger partial charge is 0.337 e. The highest BCUT2D eigenvalue weighted by molar-refractivity contribution is 6.01. The van der Waals surface area contributed by atoms with E-state index in [1.807, 2.05) is 6.07 Å². The topological polar surface area (TPSA) is 113 Å². The molecule has 0 aliphatic rings. The zero-order chi connectivity index (χ0) is 16.3. The first kappa shape index (κ1) is 15.7. The van der Waals surface area contributed by atoms with Gasteiger partial charge in [0.15, 0.2) is 5.60 Å². The maximum atomic E-state index is 12.3. The Bertz CT molecular complexity index is 691. The third-order valence-electron chi connectivity index (χ3n) is 3.19. The molecule has 1 heterocycles. The van der Waals surface area contributed by atoms with Crippen LogP contribution in [0.1, 0.15) is 23.0 Å². The molecule has 0 aliphatic heterocycles. The molecule has 3 N–H and O–H groups in total. The molecular weight excluding hydrogens is 288 g/mol. The van der Waals surface area contributed by atoms with Gasteiger partial charge in [-0.15, -0.1) is 0 Å². The van der Waals surface area contributed by atoms with Crippen LogP contribution in [-0.2, 0) is 4.79 Å². The van der Waals surface area contributed by atoms with E-state index in [0.717, 1.165) is 6.92 Å². The van der Waals surface area contributed by atoms with Crippen molar-refractivity contribution < 1.29 is 24.3 Å². The fraction of sp³-hybridized carbons (Fsp3) is 0.267. The zero-order valence-electron chi connectivity index (χ0n) is 12.2. The van der Waals surface area contributed by atoms with Crippen LogP contribution in [0.2, 0.25) is 0 Å². The molecule has 1 unspecified atom stereocenters. The molecule has 0 aliphatic carbocycles. The van der Waals surface area contributed by atoms with Crippen LogP contribution in [-0.4, -0.2) is 39.4 Å². The summed E-state index contributed by atoms with van der Waals surface area (Å²) in [6, 6.07) is 9.00. The number of carboxylic acid groups (broad SMARTS) is 1. The van der Waals surface area contributed by atoms with Crippen molar-refractivity contribution in [3.63, 3.8) is 0 Å². The van der Waals surface area contributed by atoms with E-state index >= 15 is 0 Å². The van der Waals surface area contributed by atoms with Gasteiger partial charge >= 0.3 is 5.97 Å². The Morgan fingerprint density at radius 2 is 1.95 bits per heavy atom. The van der Waals surface area contributed by atoms with Gasteiger partial charge in [0.2, 0.25) is 0 Å². The van der Waals surface area contributed by atoms with Crippen molar-refractivity contribution in [2.45, 2.75) is 19.4 Å². The van der Waals surface area contributed by atoms with Gasteiger partial charge in [-0.1, -0.05) is 35.5 Å². The molecule has 2 rings (SSSR count). The Labute approximate surface area is 126 Å². The third kappa shape index (κ3) is 3.15. The predicted molar refractivity (Wildman–Crippen MR) is 77.3 cm³/mol. The van der Waals surface area contributed by atoms with E-state index in [-0.39, 0.29) is 5.56 Å². The Hall–Kier alpha value is -2.67. The molecule has 0 saturated heterocycles. The number of nitrogens with zero attached hydrogens (tertiary/aromatic N) is 1. The summed E-state index contributed by atoms with van der Waals surface area (Å²) in [5, 5.41) is 24.7. The molecule has 1 aromatic heterocycles. The van der Waals surface area contributed by atoms with Gasteiger partial charge in [-0.25, -0.2) is 4.79 Å². The number of hydrogen-bond acceptors (Lipinski definition) is 5. The van der Waals surface area contributed by atoms with Crippen molar-refractivity contribution in [2.75, 3.05) is 6.54 Å². The largest absolute Gasteiger partial charge is 0.479 e. The second kappa shape index (κ2) is 5.98. The number of benzene rings is 1. The summed E-state index contributed by atoms with van der Waals surface area (Å²) in [5.74, 6) is -1.66. The summed E-state index contributed by atoms with van der Waals surface area (Å²) in [6.45, 7) is 2.26. The quantitative estimate of drug-likeness (QED) is 0.765. The first-order chi connectivity index (χ1) is 10.3. The molecule has 1 atom stereocenters. The average molecular weight is 304 g/mol. The standard InChI is InChI=1S/C15H16N2O5/c1-9-11(13(18)16-8-15(2,21)14(19)20)12(17-22-9)10-6-4-3-5-7-10/h3-7,21H,8H2,1-2H3,(H,16,18)(H,19,20). The van der Waals surface area contributed by atoms with Gasteiger partial charge in [0.05, 0.1) is 6.54 Å². The predicted octanol–water partition coefficient (Wildman–Crippen LogP) is 1.22. The van der Waals surface area contributed by atoms with Crippen molar-refractivity contribution in [3.05, 3.63) is 41.7 Å². The highest BCUT2D eigenvalue weighted by atomic mass is 16.5. The van der Waals surface area contributed by atoms with E-state index < -0.39 is 24.0 Å². The molecule has 7 nitrogen and oxygen atoms in total. The number of carbonyl (C=O) groups is 2. The Balaban J connectivity index is 2.24. The molecule has 0 fully saturated rings. The summed E-state index contributed by atoms with van der Waals surface area (Å²) in [6.07, 6.45) is 0. The van der Waals surface area contributed by atoms with Crippen molar-refractivity contribution in [1.82, 2.24) is 10.5 Å². The lowest BCUT2D eigenvalue weighted by Crippen LogP contribution is -2.46. The van der Waals surface area contributed by atoms with Crippen LogP contribution >= 0.6 is 0 Å². The fourth-order valence-electron chi connectivity index (χ4n) is 1.85. The maximum absolute atomic E-state index is 12.3. The van der Waals surface area contributed by atoms with E-state index in [4.69, 9.17) is 9.63 Å². The average Bonchev–Trinajstić information content (AvgIpc) is 2.87. The molecule has 0 bridgehead atoms. The van der Waals surface area contributed by atoms with Crippen LogP contribution < -0.4 is 5.32 Å². The molecule has 116 valence electrons. The lowest BCUT2D eigenvalue weighted by atomic mass is 10.0. The SMILES string of the molecule is Cc1onc(-c2ccccc2)c1C(=O)NCC(C)(O)C(=O)O. The van der Waals surface area contributed by atoms with E-state index in [0.29, 0.717) is 17.0 Å². The van der Waals surface area contributed by atoms with Crippen LogP contribution in [0, 0.1) is 6.92 Å². The van der Waals surface area contributed by atoms with Gasteiger partial charge in [0, 0.05) is 5.56 Å². The Morgan fingerprint density at radius 1 is 1.32 bits per heavy atom. The minimum absolute atomic E-state index is 0.215. The summed E-state index contributed by atoms with van der Waals surface area (Å²) < 4.78 is 5.06. The van der Waals surface area contributed by atoms with E-state index in [1.54, 1.807) is 31.2 Å². The number of aliphatic hydroxyl groups is 1. The molecule has 1 aromatic carbocycles. The molecule has 1 amide bonds. The molecule has 0 radical (unpaired) electrons. The van der Waals surface area contributed by atoms with Gasteiger partial charge in [-0.2, -0.15) is 0 Å². The highest BCUT2D eigenvalue weighted by Gasteiger charge is 2.31. The van der Waals surface area contributed by atoms with Gasteiger partial charge < -0.3 is 20.1 Å². The van der Waals surface area contributed by atoms with Crippen molar-refractivity contribution >= 4 is 11.9 Å². The second-order valence-electron chi connectivity index (χ2n) is 5.09. The normalized spacial score (nSPS) is 13.4. The van der Waals surface area contributed by atoms with Gasteiger partial charge in [-0.3, -0.25) is 4.79 Å². The number of aromatic nitrogens is 1. The fourth-order valence-corrected chi connectivity index (χ4v) is 1.85. The van der Waals surface area contributed by atoms with Crippen LogP contribution in [0.5, 0.6) is 0 Å². The van der Waals surface area contributed by atoms with Crippen LogP contribution in [0.15, 0.2) is 34.9 Å². The van der Waals surface area contributed by atoms with Crippen LogP contribution in [0.4, 0.5) is 0 Å². The Kier molecular flexibility index (Phi) is 4.27. The monoisotopic (exact) mass is 304 g/mol. The Morgan fingerprint density at radius 3 is 2.55 bits per heavy atom. The van der Waals surface area contributed by atoms with Crippen LogP contribution in [0.3, 0.4) is 0 Å². The molecule has 7 heteroatoms. The molecular formula is C15H16N2O5. The summed E-state index contributed by atoms with van der Waals surface area (Å²) in [4.78, 5) is 23.1. The first-order valence-electron chi connectivity index (χ1n) is 6.58. The van der Waals surface area contributed by atoms with E-state index in [1.165, 1.54) is 0 Å². The lowest BCUT2D eigenvalue weighted by Gasteiger charge is -2.18. The number of amides is 1. The number of carboxylic acids is 1. The molecule has 2 aromatic rings. The summed E-state index contributed by atoms with van der Waals surface area (Å²) >= 11 is 0. The van der Waals surface area contributed by atoms with Gasteiger partial charge in [0.25, 0.3) is 5.91 Å². The van der Waals surface area contributed by atoms with Gasteiger partial charge in [-0.05, 0) is 13.8 Å². The van der Waals surface area contributed by atoms with E-state index in [2.05, 4.69) is 10.5 Å². The number of aliphatic carboxylic acids is 1. The summed E-state index contributed by atoms with van der Waals surface area (Å²) in [7, 11) is 0. The molecule has 0 spiro atoms. The van der Waals surface area contributed by atoms with Gasteiger partial charge in [0.1, 0.15) is 17.0 Å². The molecule has 22 heavy (non-hydrogen) atoms. The third-order valence-corrected chi connectivity index (χ3v) is 3.19. The van der Waals surface area contributed by atoms with E-state index in [9.17, 15) is 14.7 Å². The first-order valence-corrected chi connectivity index (χ1v) is 6.58. The number of nitrogens with one attached hydrogen (secondary N) is 1. The zero-order valence-corrected chi connectivity index (χ0v) is 12.2. The number of carbonyl (C=O) groups excluding carboxylic acids is 1. The highest BCUT2D eigenvalue weighted by Crippen LogP contribution is 2.24. The van der Waals surface area contributed by atoms with Crippen LogP contribution in [0.25, 0.3) is 11.3 Å². The van der Waals surface area contributed by atoms with Crippen molar-refractivity contribution in [3.8, 4) is 11.3 Å². The second-order valence-corrected chi connectivity index (χ2v) is 5.09. The number of hydrogen-bond donors (Lipinski definition) is 3. The minimum Gasteiger partial charge on any atom is -0.479 e.